The molecule has 112 valence electrons. The third-order valence-electron chi connectivity index (χ3n) is 3.04. The van der Waals surface area contributed by atoms with Gasteiger partial charge in [-0.3, -0.25) is 14.5 Å². The molecule has 2 unspecified atom stereocenters. The normalized spacial score (nSPS) is 14.1. The number of hydrogen-bond donors (Lipinski definition) is 2. The van der Waals surface area contributed by atoms with Gasteiger partial charge in [-0.2, -0.15) is 0 Å². The van der Waals surface area contributed by atoms with E-state index in [4.69, 9.17) is 5.73 Å². The van der Waals surface area contributed by atoms with E-state index in [2.05, 4.69) is 9.71 Å². The van der Waals surface area contributed by atoms with Crippen molar-refractivity contribution in [3.63, 3.8) is 0 Å². The van der Waals surface area contributed by atoms with Crippen molar-refractivity contribution in [1.82, 2.24) is 9.71 Å². The van der Waals surface area contributed by atoms with Crippen LogP contribution in [0.2, 0.25) is 0 Å². The molecule has 1 aromatic heterocycles. The van der Waals surface area contributed by atoms with Crippen LogP contribution in [-0.2, 0) is 15.8 Å². The first-order valence-corrected chi connectivity index (χ1v) is 7.95. The van der Waals surface area contributed by atoms with Gasteiger partial charge in [0.15, 0.2) is 11.0 Å². The molecule has 0 spiro atoms. The zero-order valence-corrected chi connectivity index (χ0v) is 12.9. The molecule has 0 aliphatic heterocycles. The lowest BCUT2D eigenvalue weighted by Gasteiger charge is -2.13. The summed E-state index contributed by atoms with van der Waals surface area (Å²) in [6.07, 6.45) is 2.26. The third-order valence-corrected chi connectivity index (χ3v) is 4.11. The summed E-state index contributed by atoms with van der Waals surface area (Å²) >= 11 is 0. The average Bonchev–Trinajstić information content (AvgIpc) is 2.45. The minimum absolute atomic E-state index is 0.311. The number of nitrogens with one attached hydrogen (secondary N) is 1. The number of amides is 1. The summed E-state index contributed by atoms with van der Waals surface area (Å²) in [7, 11) is -1.61. The van der Waals surface area contributed by atoms with Gasteiger partial charge in [0.1, 0.15) is 0 Å². The second kappa shape index (κ2) is 6.78. The van der Waals surface area contributed by atoms with E-state index in [9.17, 15) is 9.00 Å². The van der Waals surface area contributed by atoms with Crippen LogP contribution in [0.25, 0.3) is 10.9 Å². The zero-order valence-electron chi connectivity index (χ0n) is 12.1. The zero-order chi connectivity index (χ0) is 15.4. The van der Waals surface area contributed by atoms with Crippen LogP contribution < -0.4 is 10.5 Å². The average molecular weight is 305 g/mol. The Hall–Kier alpha value is -1.79. The van der Waals surface area contributed by atoms with Gasteiger partial charge in [0, 0.05) is 11.6 Å². The molecule has 0 fully saturated rings. The predicted molar refractivity (Wildman–Crippen MR) is 83.7 cm³/mol. The lowest BCUT2D eigenvalue weighted by Crippen LogP contribution is -2.42. The van der Waals surface area contributed by atoms with Crippen LogP contribution in [0.1, 0.15) is 20.3 Å². The lowest BCUT2D eigenvalue weighted by atomic mass is 10.0. The van der Waals surface area contributed by atoms with Gasteiger partial charge >= 0.3 is 0 Å². The van der Waals surface area contributed by atoms with Gasteiger partial charge in [-0.25, -0.2) is 4.21 Å². The molecule has 0 bridgehead atoms. The number of carbonyl (C=O) groups is 1. The lowest BCUT2D eigenvalue weighted by molar-refractivity contribution is -0.120. The molecule has 0 saturated heterocycles. The van der Waals surface area contributed by atoms with Gasteiger partial charge in [-0.05, 0) is 36.6 Å². The molecular weight excluding hydrogens is 286 g/mol. The number of nitrogens with two attached hydrogens (primary N) is 1. The topological polar surface area (TPSA) is 85.1 Å². The molecule has 21 heavy (non-hydrogen) atoms. The highest BCUT2D eigenvalue weighted by atomic mass is 32.2. The first kappa shape index (κ1) is 15.6. The molecule has 6 heteroatoms. The van der Waals surface area contributed by atoms with Gasteiger partial charge in [-0.15, -0.1) is 0 Å². The highest BCUT2D eigenvalue weighted by Crippen LogP contribution is 2.15. The van der Waals surface area contributed by atoms with Gasteiger partial charge < -0.3 is 5.73 Å². The number of pyridine rings is 1. The fourth-order valence-electron chi connectivity index (χ4n) is 2.01. The largest absolute Gasteiger partial charge is 0.320 e. The second-order valence-corrected chi connectivity index (χ2v) is 6.54. The van der Waals surface area contributed by atoms with Crippen LogP contribution in [0.3, 0.4) is 0 Å². The highest BCUT2D eigenvalue weighted by Gasteiger charge is 2.17. The van der Waals surface area contributed by atoms with E-state index in [0.717, 1.165) is 10.9 Å². The molecule has 0 radical (unpaired) electrons. The van der Waals surface area contributed by atoms with Crippen molar-refractivity contribution in [2.75, 3.05) is 0 Å². The molecule has 1 aromatic carbocycles. The van der Waals surface area contributed by atoms with E-state index < -0.39 is 22.9 Å². The summed E-state index contributed by atoms with van der Waals surface area (Å²) in [6.45, 7) is 3.97. The molecule has 3 N–H and O–H groups in total. The van der Waals surface area contributed by atoms with Gasteiger partial charge in [-0.1, -0.05) is 19.9 Å². The number of nitrogens with zero attached hydrogens (tertiary/aromatic N) is 1. The summed E-state index contributed by atoms with van der Waals surface area (Å²) < 4.78 is 14.6. The summed E-state index contributed by atoms with van der Waals surface area (Å²) in [6, 6.07) is 8.28. The van der Waals surface area contributed by atoms with Gasteiger partial charge in [0.2, 0.25) is 5.91 Å². The quantitative estimate of drug-likeness (QED) is 0.881. The molecule has 1 amide bonds. The summed E-state index contributed by atoms with van der Waals surface area (Å²) in [5.74, 6) is -0.0840. The maximum atomic E-state index is 12.2. The van der Waals surface area contributed by atoms with Crippen LogP contribution >= 0.6 is 0 Å². The molecule has 2 atom stereocenters. The minimum Gasteiger partial charge on any atom is -0.320 e. The SMILES string of the molecule is CC(C)CC(N)C(=O)NS(=O)c1ccc2ncccc2c1. The predicted octanol–water partition coefficient (Wildman–Crippen LogP) is 1.75. The van der Waals surface area contributed by atoms with Gasteiger partial charge in [0.25, 0.3) is 0 Å². The van der Waals surface area contributed by atoms with Crippen LogP contribution in [0.5, 0.6) is 0 Å². The van der Waals surface area contributed by atoms with Crippen LogP contribution in [0.4, 0.5) is 0 Å². The standard InChI is InChI=1S/C15H19N3O2S/c1-10(2)8-13(16)15(19)18-21(20)12-5-6-14-11(9-12)4-3-7-17-14/h3-7,9-10,13H,8,16H2,1-2H3,(H,18,19). The Kier molecular flexibility index (Phi) is 5.03. The summed E-state index contributed by atoms with van der Waals surface area (Å²) in [4.78, 5) is 16.6. The summed E-state index contributed by atoms with van der Waals surface area (Å²) in [5, 5.41) is 0.879. The Bertz CT molecular complexity index is 673. The first-order chi connectivity index (χ1) is 9.97. The smallest absolute Gasteiger partial charge is 0.248 e. The molecule has 0 saturated carbocycles. The molecular formula is C15H19N3O2S. The fraction of sp³-hybridized carbons (Fsp3) is 0.333. The number of hydrogen-bond acceptors (Lipinski definition) is 4. The first-order valence-electron chi connectivity index (χ1n) is 6.80. The molecule has 1 heterocycles. The van der Waals surface area contributed by atoms with Crippen LogP contribution in [0.15, 0.2) is 41.4 Å². The summed E-state index contributed by atoms with van der Waals surface area (Å²) in [5.41, 5.74) is 6.60. The second-order valence-electron chi connectivity index (χ2n) is 5.33. The van der Waals surface area contributed by atoms with E-state index in [1.54, 1.807) is 24.4 Å². The van der Waals surface area contributed by atoms with Crippen molar-refractivity contribution >= 4 is 27.8 Å². The Labute approximate surface area is 126 Å². The molecule has 2 aromatic rings. The van der Waals surface area contributed by atoms with E-state index in [0.29, 0.717) is 17.2 Å². The van der Waals surface area contributed by atoms with Crippen molar-refractivity contribution in [2.45, 2.75) is 31.2 Å². The highest BCUT2D eigenvalue weighted by molar-refractivity contribution is 7.83. The Morgan fingerprint density at radius 1 is 1.38 bits per heavy atom. The fourth-order valence-corrected chi connectivity index (χ4v) is 2.89. The van der Waals surface area contributed by atoms with E-state index in [-0.39, 0.29) is 0 Å². The molecule has 5 nitrogen and oxygen atoms in total. The van der Waals surface area contributed by atoms with Crippen molar-refractivity contribution in [3.8, 4) is 0 Å². The van der Waals surface area contributed by atoms with Crippen molar-refractivity contribution < 1.29 is 9.00 Å². The van der Waals surface area contributed by atoms with E-state index >= 15 is 0 Å². The Morgan fingerprint density at radius 2 is 2.14 bits per heavy atom. The maximum Gasteiger partial charge on any atom is 0.248 e. The number of aromatic nitrogens is 1. The van der Waals surface area contributed by atoms with Crippen LogP contribution in [0, 0.1) is 5.92 Å². The minimum atomic E-state index is -1.61. The van der Waals surface area contributed by atoms with Crippen molar-refractivity contribution in [3.05, 3.63) is 36.5 Å². The number of carbonyl (C=O) groups excluding carboxylic acids is 1. The van der Waals surface area contributed by atoms with Crippen molar-refractivity contribution in [1.29, 1.82) is 0 Å². The van der Waals surface area contributed by atoms with Crippen LogP contribution in [-0.4, -0.2) is 21.1 Å². The Morgan fingerprint density at radius 3 is 2.86 bits per heavy atom. The van der Waals surface area contributed by atoms with Gasteiger partial charge in [0.05, 0.1) is 16.5 Å². The number of fused-ring (bicyclic) bond motifs is 1. The van der Waals surface area contributed by atoms with E-state index in [1.807, 2.05) is 26.0 Å². The molecule has 0 aliphatic rings. The number of rotatable bonds is 5. The molecule has 0 aliphatic carbocycles. The van der Waals surface area contributed by atoms with Crippen molar-refractivity contribution in [2.24, 2.45) is 11.7 Å². The third kappa shape index (κ3) is 4.09. The monoisotopic (exact) mass is 305 g/mol. The number of benzene rings is 1. The Balaban J connectivity index is 2.09. The molecule has 2 rings (SSSR count). The maximum absolute atomic E-state index is 12.2. The van der Waals surface area contributed by atoms with E-state index in [1.165, 1.54) is 0 Å².